The van der Waals surface area contributed by atoms with E-state index in [2.05, 4.69) is 58.5 Å². The summed E-state index contributed by atoms with van der Waals surface area (Å²) < 4.78 is 69.7. The Labute approximate surface area is 485 Å². The number of anilines is 4. The topological polar surface area (TPSA) is 145 Å². The van der Waals surface area contributed by atoms with Crippen LogP contribution >= 0.6 is 0 Å². The Hall–Kier alpha value is -2.84. The van der Waals surface area contributed by atoms with Crippen LogP contribution in [0.4, 0.5) is 22.7 Å². The summed E-state index contributed by atoms with van der Waals surface area (Å²) in [5.41, 5.74) is 5.71. The molecule has 412 valence electrons. The van der Waals surface area contributed by atoms with E-state index in [4.69, 9.17) is 0 Å². The molecular weight excluding hydrogens is 1000 g/mol. The van der Waals surface area contributed by atoms with Crippen molar-refractivity contribution in [2.45, 2.75) is 255 Å². The smallest absolute Gasteiger partial charge is 0.744 e. The molecule has 4 aromatic carbocycles. The predicted octanol–water partition coefficient (Wildman–Crippen LogP) is 16.8. The van der Waals surface area contributed by atoms with Crippen LogP contribution < -0.4 is 20.4 Å². The van der Waals surface area contributed by atoms with Crippen LogP contribution in [-0.4, -0.2) is 76.0 Å². The average molecular weight is 1100 g/mol. The van der Waals surface area contributed by atoms with Crippen molar-refractivity contribution < 1.29 is 25.9 Å². The van der Waals surface area contributed by atoms with E-state index in [1.165, 1.54) is 204 Å². The molecule has 2 aliphatic rings. The van der Waals surface area contributed by atoms with Gasteiger partial charge in [-0.3, -0.25) is 0 Å². The maximum atomic E-state index is 11.6. The van der Waals surface area contributed by atoms with Crippen LogP contribution in [0.15, 0.2) is 107 Å². The molecule has 6 rings (SSSR count). The molecule has 0 saturated carbocycles. The predicted molar refractivity (Wildman–Crippen MR) is 314 cm³/mol. The van der Waals surface area contributed by atoms with Crippen LogP contribution in [0.2, 0.25) is 0 Å². The monoisotopic (exact) mass is 1090 g/mol. The maximum Gasteiger partial charge on any atom is 2.00 e. The Morgan fingerprint density at radius 2 is 0.653 bits per heavy atom. The van der Waals surface area contributed by atoms with E-state index in [1.54, 1.807) is 12.1 Å². The number of rotatable bonds is 38. The summed E-state index contributed by atoms with van der Waals surface area (Å²) in [7, 11) is -8.97. The van der Waals surface area contributed by atoms with Crippen LogP contribution in [0.3, 0.4) is 0 Å². The Kier molecular flexibility index (Phi) is 32.0. The molecule has 2 N–H and O–H groups in total. The van der Waals surface area contributed by atoms with E-state index in [9.17, 15) is 25.9 Å². The zero-order chi connectivity index (χ0) is 52.7. The van der Waals surface area contributed by atoms with E-state index < -0.39 is 20.2 Å². The molecule has 2 aliphatic heterocycles. The quantitative estimate of drug-likeness (QED) is 0.0253. The second kappa shape index (κ2) is 37.1. The first-order valence-corrected chi connectivity index (χ1v) is 32.1. The molecule has 75 heavy (non-hydrogen) atoms. The summed E-state index contributed by atoms with van der Waals surface area (Å²) in [4.78, 5) is 4.09. The van der Waals surface area contributed by atoms with E-state index in [1.807, 2.05) is 36.4 Å². The van der Waals surface area contributed by atoms with Crippen molar-refractivity contribution in [3.05, 3.63) is 108 Å². The van der Waals surface area contributed by atoms with Crippen molar-refractivity contribution in [2.75, 3.05) is 20.4 Å². The van der Waals surface area contributed by atoms with Crippen LogP contribution in [0.5, 0.6) is 0 Å². The Balaban J connectivity index is 0.000000320. The molecule has 0 amide bonds. The van der Waals surface area contributed by atoms with Gasteiger partial charge in [0.1, 0.15) is 20.2 Å². The first kappa shape index (κ1) is 64.7. The van der Waals surface area contributed by atoms with Gasteiger partial charge in [-0.25, -0.2) is 16.8 Å². The first-order chi connectivity index (χ1) is 36.0. The molecule has 0 bridgehead atoms. The Bertz CT molecular complexity index is 2190. The average Bonchev–Trinajstić information content (AvgIpc) is 3.92. The summed E-state index contributed by atoms with van der Waals surface area (Å²) in [6.07, 6.45) is 42.6. The minimum absolute atomic E-state index is 0. The van der Waals surface area contributed by atoms with Gasteiger partial charge in [-0.1, -0.05) is 254 Å². The van der Waals surface area contributed by atoms with Crippen molar-refractivity contribution in [2.24, 2.45) is 0 Å². The molecular formula is C62H94CaN4O6S2. The molecule has 0 aliphatic carbocycles. The molecule has 2 unspecified atom stereocenters. The van der Waals surface area contributed by atoms with E-state index >= 15 is 0 Å². The van der Waals surface area contributed by atoms with Crippen LogP contribution in [-0.2, 0) is 33.3 Å². The van der Waals surface area contributed by atoms with Crippen LogP contribution in [0, 0.1) is 0 Å². The Morgan fingerprint density at radius 3 is 0.920 bits per heavy atom. The number of nitrogens with zero attached hydrogens (tertiary/aromatic N) is 2. The van der Waals surface area contributed by atoms with Crippen molar-refractivity contribution in [3.63, 3.8) is 0 Å². The third-order valence-corrected chi connectivity index (χ3v) is 16.7. The number of unbranched alkanes of at least 4 members (excludes halogenated alkanes) is 28. The molecule has 0 saturated heterocycles. The van der Waals surface area contributed by atoms with Crippen molar-refractivity contribution >= 4 is 80.7 Å². The fraction of sp³-hybridized carbons (Fsp3) is 0.613. The van der Waals surface area contributed by atoms with E-state index in [0.717, 1.165) is 59.6 Å². The van der Waals surface area contributed by atoms with E-state index in [-0.39, 0.29) is 59.9 Å². The summed E-state index contributed by atoms with van der Waals surface area (Å²) >= 11 is 0. The van der Waals surface area contributed by atoms with Crippen LogP contribution in [0.25, 0.3) is 0 Å². The third-order valence-electron chi connectivity index (χ3n) is 15.1. The summed E-state index contributed by atoms with van der Waals surface area (Å²) in [5, 5.41) is 7.12. The molecule has 10 nitrogen and oxygen atoms in total. The molecule has 2 heterocycles. The van der Waals surface area contributed by atoms with Crippen LogP contribution in [0.1, 0.15) is 230 Å². The fourth-order valence-corrected chi connectivity index (χ4v) is 11.7. The van der Waals surface area contributed by atoms with Gasteiger partial charge < -0.3 is 29.5 Å². The zero-order valence-electron chi connectivity index (χ0n) is 46.3. The second-order valence-corrected chi connectivity index (χ2v) is 24.0. The molecule has 0 fully saturated rings. The molecule has 4 aromatic rings. The fourth-order valence-electron chi connectivity index (χ4n) is 10.7. The minimum atomic E-state index is -4.49. The number of hydrogen-bond acceptors (Lipinski definition) is 10. The zero-order valence-corrected chi connectivity index (χ0v) is 50.1. The van der Waals surface area contributed by atoms with E-state index in [0.29, 0.717) is 13.1 Å². The summed E-state index contributed by atoms with van der Waals surface area (Å²) in [6.45, 7) is 5.90. The van der Waals surface area contributed by atoms with Gasteiger partial charge in [0.05, 0.1) is 44.9 Å². The van der Waals surface area contributed by atoms with Gasteiger partial charge in [-0.2, -0.15) is 0 Å². The standard InChI is InChI=1S/2C31H48N2O3S.Ca/c2*1-2-3-4-5-6-7-8-9-10-11-12-13-14-15-19-22-31-32-29-24-23-28(37(34,35)36)25-30(29)33(31)26-27-20-17-16-18-21-27;/h2*16-18,20-21,23-25,31-32H,2-15,19,22,26H2,1H3,(H,34,35,36);/q;;+2/p-2. The summed E-state index contributed by atoms with van der Waals surface area (Å²) in [6, 6.07) is 29.7. The van der Waals surface area contributed by atoms with Gasteiger partial charge in [0, 0.05) is 13.1 Å². The van der Waals surface area contributed by atoms with Gasteiger partial charge in [0.15, 0.2) is 0 Å². The van der Waals surface area contributed by atoms with Gasteiger partial charge >= 0.3 is 37.7 Å². The second-order valence-electron chi connectivity index (χ2n) is 21.3. The minimum Gasteiger partial charge on any atom is -0.744 e. The van der Waals surface area contributed by atoms with Gasteiger partial charge in [0.2, 0.25) is 0 Å². The normalized spacial score (nSPS) is 14.9. The first-order valence-electron chi connectivity index (χ1n) is 29.3. The van der Waals surface area contributed by atoms with Gasteiger partial charge in [0.25, 0.3) is 0 Å². The SMILES string of the molecule is CCCCCCCCCCCCCCCCCC1Nc2ccc(S(=O)(=O)[O-])cc2N1Cc1ccccc1.CCCCCCCCCCCCCCCCCC1Nc2ccc(S(=O)(=O)[O-])cc2N1Cc1ccccc1.[Ca+2]. The van der Waals surface area contributed by atoms with Crippen molar-refractivity contribution in [1.29, 1.82) is 0 Å². The number of nitrogens with one attached hydrogen (secondary N) is 2. The molecule has 0 aromatic heterocycles. The van der Waals surface area contributed by atoms with Crippen molar-refractivity contribution in [3.8, 4) is 0 Å². The van der Waals surface area contributed by atoms with Crippen molar-refractivity contribution in [1.82, 2.24) is 0 Å². The number of benzene rings is 4. The number of hydrogen-bond donors (Lipinski definition) is 2. The molecule has 0 radical (unpaired) electrons. The van der Waals surface area contributed by atoms with Gasteiger partial charge in [-0.05, 0) is 73.2 Å². The maximum absolute atomic E-state index is 11.6. The summed E-state index contributed by atoms with van der Waals surface area (Å²) in [5.74, 6) is 0. The molecule has 13 heteroatoms. The molecule has 2 atom stereocenters. The third kappa shape index (κ3) is 24.8. The van der Waals surface area contributed by atoms with Gasteiger partial charge in [-0.15, -0.1) is 0 Å². The largest absolute Gasteiger partial charge is 2.00 e. The Morgan fingerprint density at radius 1 is 0.387 bits per heavy atom. The number of fused-ring (bicyclic) bond motifs is 2. The molecule has 0 spiro atoms.